The summed E-state index contributed by atoms with van der Waals surface area (Å²) in [6.45, 7) is 2.29. The third kappa shape index (κ3) is 3.15. The Morgan fingerprint density at radius 1 is 1.16 bits per heavy atom. The summed E-state index contributed by atoms with van der Waals surface area (Å²) in [6.07, 6.45) is 4.81. The summed E-state index contributed by atoms with van der Waals surface area (Å²) in [7, 11) is -3.57. The van der Waals surface area contributed by atoms with E-state index in [1.54, 1.807) is 22.6 Å². The second-order valence-corrected chi connectivity index (χ2v) is 8.30. The molecule has 0 amide bonds. The minimum atomic E-state index is -3.57. The van der Waals surface area contributed by atoms with Gasteiger partial charge in [-0.25, -0.2) is 8.42 Å². The van der Waals surface area contributed by atoms with Gasteiger partial charge in [0.25, 0.3) is 0 Å². The van der Waals surface area contributed by atoms with E-state index in [2.05, 4.69) is 9.97 Å². The molecule has 1 aromatic carbocycles. The number of rotatable bonds is 5. The molecule has 3 aromatic rings. The highest BCUT2D eigenvalue weighted by atomic mass is 32.2. The smallest absolute Gasteiger partial charge is 0.245 e. The van der Waals surface area contributed by atoms with Gasteiger partial charge in [0.1, 0.15) is 4.90 Å². The number of aryl methyl sites for hydroxylation is 1. The van der Waals surface area contributed by atoms with E-state index in [9.17, 15) is 8.42 Å². The Labute approximate surface area is 147 Å². The van der Waals surface area contributed by atoms with Crippen LogP contribution in [-0.4, -0.2) is 28.7 Å². The van der Waals surface area contributed by atoms with Crippen LogP contribution in [0.2, 0.25) is 0 Å². The van der Waals surface area contributed by atoms with E-state index in [-0.39, 0.29) is 10.9 Å². The molecule has 25 heavy (non-hydrogen) atoms. The van der Waals surface area contributed by atoms with Gasteiger partial charge in [0.05, 0.1) is 5.52 Å². The molecule has 0 unspecified atom stereocenters. The Kier molecular flexibility index (Phi) is 4.01. The number of hydrogen-bond acceptors (Lipinski definition) is 4. The molecule has 0 bridgehead atoms. The average Bonchev–Trinajstić information content (AvgIpc) is 3.44. The first-order valence-electron chi connectivity index (χ1n) is 8.33. The van der Waals surface area contributed by atoms with Crippen LogP contribution in [0.3, 0.4) is 0 Å². The first-order chi connectivity index (χ1) is 12.1. The predicted molar refractivity (Wildman–Crippen MR) is 96.5 cm³/mol. The van der Waals surface area contributed by atoms with Crippen LogP contribution in [0.25, 0.3) is 10.9 Å². The third-order valence-electron chi connectivity index (χ3n) is 4.45. The van der Waals surface area contributed by atoms with Crippen LogP contribution < -0.4 is 0 Å². The maximum Gasteiger partial charge on any atom is 0.245 e. The standard InChI is InChI=1S/C19H19N3O2S/c1-14-11-15(18-6-2-3-7-19(18)21-14)13-22(16-8-9-16)25(23,24)17-5-4-10-20-12-17/h2-7,10-12,16H,8-9,13H2,1H3. The molecule has 0 radical (unpaired) electrons. The zero-order valence-corrected chi connectivity index (χ0v) is 14.8. The van der Waals surface area contributed by atoms with E-state index in [1.807, 2.05) is 37.3 Å². The second kappa shape index (κ2) is 6.20. The van der Waals surface area contributed by atoms with E-state index in [0.717, 1.165) is 35.0 Å². The first-order valence-corrected chi connectivity index (χ1v) is 9.77. The van der Waals surface area contributed by atoms with Crippen LogP contribution in [0.4, 0.5) is 0 Å². The highest BCUT2D eigenvalue weighted by Crippen LogP contribution is 2.34. The van der Waals surface area contributed by atoms with Gasteiger partial charge in [-0.15, -0.1) is 0 Å². The van der Waals surface area contributed by atoms with E-state index < -0.39 is 10.0 Å². The molecule has 5 nitrogen and oxygen atoms in total. The Bertz CT molecular complexity index is 1020. The van der Waals surface area contributed by atoms with Gasteiger partial charge in [-0.05, 0) is 49.6 Å². The van der Waals surface area contributed by atoms with Crippen molar-refractivity contribution >= 4 is 20.9 Å². The Morgan fingerprint density at radius 3 is 2.68 bits per heavy atom. The fourth-order valence-electron chi connectivity index (χ4n) is 3.10. The second-order valence-electron chi connectivity index (χ2n) is 6.41. The number of aromatic nitrogens is 2. The average molecular weight is 353 g/mol. The predicted octanol–water partition coefficient (Wildman–Crippen LogP) is 3.29. The van der Waals surface area contributed by atoms with Gasteiger partial charge < -0.3 is 0 Å². The SMILES string of the molecule is Cc1cc(CN(C2CC2)S(=O)(=O)c2cccnc2)c2ccccc2n1. The van der Waals surface area contributed by atoms with E-state index in [1.165, 1.54) is 6.20 Å². The van der Waals surface area contributed by atoms with Gasteiger partial charge in [0.15, 0.2) is 0 Å². The number of para-hydroxylation sites is 1. The van der Waals surface area contributed by atoms with E-state index in [4.69, 9.17) is 0 Å². The lowest BCUT2D eigenvalue weighted by Crippen LogP contribution is -2.32. The fourth-order valence-corrected chi connectivity index (χ4v) is 4.73. The number of sulfonamides is 1. The summed E-state index contributed by atoms with van der Waals surface area (Å²) in [6, 6.07) is 13.2. The van der Waals surface area contributed by atoms with E-state index in [0.29, 0.717) is 6.54 Å². The molecule has 2 aromatic heterocycles. The van der Waals surface area contributed by atoms with Crippen LogP contribution in [0, 0.1) is 6.92 Å². The first kappa shape index (κ1) is 16.2. The normalized spacial score (nSPS) is 15.0. The molecule has 0 aliphatic heterocycles. The van der Waals surface area contributed by atoms with Gasteiger partial charge >= 0.3 is 0 Å². The molecule has 2 heterocycles. The molecule has 0 saturated heterocycles. The quantitative estimate of drug-likeness (QED) is 0.706. The Morgan fingerprint density at radius 2 is 1.96 bits per heavy atom. The highest BCUT2D eigenvalue weighted by Gasteiger charge is 2.38. The molecule has 1 fully saturated rings. The van der Waals surface area contributed by atoms with Crippen molar-refractivity contribution in [2.45, 2.75) is 37.2 Å². The number of hydrogen-bond donors (Lipinski definition) is 0. The number of benzene rings is 1. The molecule has 1 saturated carbocycles. The van der Waals surface area contributed by atoms with Crippen molar-refractivity contribution in [3.05, 3.63) is 66.1 Å². The van der Waals surface area contributed by atoms with Gasteiger partial charge in [0.2, 0.25) is 10.0 Å². The van der Waals surface area contributed by atoms with E-state index >= 15 is 0 Å². The molecular formula is C19H19N3O2S. The molecule has 0 N–H and O–H groups in total. The molecule has 128 valence electrons. The number of nitrogens with zero attached hydrogens (tertiary/aromatic N) is 3. The maximum atomic E-state index is 13.1. The molecule has 1 aliphatic carbocycles. The van der Waals surface area contributed by atoms with Gasteiger partial charge in [-0.3, -0.25) is 9.97 Å². The number of pyridine rings is 2. The zero-order valence-electron chi connectivity index (χ0n) is 14.0. The van der Waals surface area contributed by atoms with Gasteiger partial charge in [-0.1, -0.05) is 18.2 Å². The number of fused-ring (bicyclic) bond motifs is 1. The topological polar surface area (TPSA) is 63.2 Å². The molecule has 6 heteroatoms. The molecule has 0 atom stereocenters. The summed E-state index contributed by atoms with van der Waals surface area (Å²) in [5.41, 5.74) is 2.78. The summed E-state index contributed by atoms with van der Waals surface area (Å²) < 4.78 is 27.8. The summed E-state index contributed by atoms with van der Waals surface area (Å²) in [5, 5.41) is 1.00. The van der Waals surface area contributed by atoms with Gasteiger partial charge in [0, 0.05) is 36.1 Å². The Balaban J connectivity index is 1.77. The lowest BCUT2D eigenvalue weighted by molar-refractivity contribution is 0.399. The molecule has 4 rings (SSSR count). The van der Waals surface area contributed by atoms with Crippen molar-refractivity contribution in [2.75, 3.05) is 0 Å². The Hall–Kier alpha value is -2.31. The third-order valence-corrected chi connectivity index (χ3v) is 6.33. The highest BCUT2D eigenvalue weighted by molar-refractivity contribution is 7.89. The molecule has 1 aliphatic rings. The minimum absolute atomic E-state index is 0.0671. The van der Waals surface area contributed by atoms with Crippen molar-refractivity contribution in [2.24, 2.45) is 0 Å². The van der Waals surface area contributed by atoms with Crippen molar-refractivity contribution < 1.29 is 8.42 Å². The van der Waals surface area contributed by atoms with Crippen molar-refractivity contribution in [1.29, 1.82) is 0 Å². The van der Waals surface area contributed by atoms with Crippen LogP contribution in [0.15, 0.2) is 59.8 Å². The maximum absolute atomic E-state index is 13.1. The molecular weight excluding hydrogens is 334 g/mol. The lowest BCUT2D eigenvalue weighted by Gasteiger charge is -2.22. The van der Waals surface area contributed by atoms with Crippen LogP contribution in [0.5, 0.6) is 0 Å². The summed E-state index contributed by atoms with van der Waals surface area (Å²) >= 11 is 0. The molecule has 0 spiro atoms. The lowest BCUT2D eigenvalue weighted by atomic mass is 10.1. The van der Waals surface area contributed by atoms with Crippen molar-refractivity contribution in [1.82, 2.24) is 14.3 Å². The monoisotopic (exact) mass is 353 g/mol. The summed E-state index contributed by atoms with van der Waals surface area (Å²) in [5.74, 6) is 0. The van der Waals surface area contributed by atoms with Crippen molar-refractivity contribution in [3.8, 4) is 0 Å². The van der Waals surface area contributed by atoms with Crippen molar-refractivity contribution in [3.63, 3.8) is 0 Å². The zero-order chi connectivity index (χ0) is 17.4. The minimum Gasteiger partial charge on any atom is -0.263 e. The fraction of sp³-hybridized carbons (Fsp3) is 0.263. The summed E-state index contributed by atoms with van der Waals surface area (Å²) in [4.78, 5) is 8.76. The largest absolute Gasteiger partial charge is 0.263 e. The van der Waals surface area contributed by atoms with Gasteiger partial charge in [-0.2, -0.15) is 4.31 Å². The van der Waals surface area contributed by atoms with Crippen LogP contribution >= 0.6 is 0 Å². The van der Waals surface area contributed by atoms with Crippen LogP contribution in [-0.2, 0) is 16.6 Å². The van der Waals surface area contributed by atoms with Crippen LogP contribution in [0.1, 0.15) is 24.1 Å².